The summed E-state index contributed by atoms with van der Waals surface area (Å²) in [7, 11) is 0. The average Bonchev–Trinajstić information content (AvgIpc) is 3.11. The number of nitrogens with one attached hydrogen (secondary N) is 1. The molecule has 3 nitrogen and oxygen atoms in total. The van der Waals surface area contributed by atoms with Gasteiger partial charge in [0.25, 0.3) is 0 Å². The van der Waals surface area contributed by atoms with Gasteiger partial charge in [0.15, 0.2) is 0 Å². The molecular formula is C23H22N2O. The van der Waals surface area contributed by atoms with Gasteiger partial charge in [-0.25, -0.2) is 4.98 Å². The normalized spacial score (nSPS) is 12.4. The highest BCUT2D eigenvalue weighted by atomic mass is 16.5. The van der Waals surface area contributed by atoms with Crippen LogP contribution in [0, 0.1) is 6.92 Å². The van der Waals surface area contributed by atoms with Gasteiger partial charge in [-0.1, -0.05) is 60.2 Å². The number of fused-ring (bicyclic) bond motifs is 1. The van der Waals surface area contributed by atoms with Gasteiger partial charge in [-0.3, -0.25) is 0 Å². The van der Waals surface area contributed by atoms with Crippen molar-refractivity contribution in [2.24, 2.45) is 0 Å². The van der Waals surface area contributed by atoms with Crippen LogP contribution >= 0.6 is 0 Å². The highest BCUT2D eigenvalue weighted by Gasteiger charge is 2.16. The molecule has 1 N–H and O–H groups in total. The quantitative estimate of drug-likeness (QED) is 0.496. The average molecular weight is 342 g/mol. The smallest absolute Gasteiger partial charge is 0.138 e. The summed E-state index contributed by atoms with van der Waals surface area (Å²) in [6.45, 7) is 4.79. The van der Waals surface area contributed by atoms with Crippen LogP contribution in [-0.2, 0) is 11.3 Å². The van der Waals surface area contributed by atoms with Crippen molar-refractivity contribution in [1.82, 2.24) is 9.97 Å². The van der Waals surface area contributed by atoms with Gasteiger partial charge < -0.3 is 9.72 Å². The molecule has 0 aliphatic rings. The van der Waals surface area contributed by atoms with Gasteiger partial charge >= 0.3 is 0 Å². The minimum absolute atomic E-state index is 0.0287. The van der Waals surface area contributed by atoms with Gasteiger partial charge in [0, 0.05) is 5.56 Å². The number of rotatable bonds is 5. The zero-order valence-electron chi connectivity index (χ0n) is 15.1. The van der Waals surface area contributed by atoms with E-state index < -0.39 is 0 Å². The Kier molecular flexibility index (Phi) is 4.55. The van der Waals surface area contributed by atoms with E-state index in [1.807, 2.05) is 36.4 Å². The molecule has 0 saturated heterocycles. The highest BCUT2D eigenvalue weighted by Crippen LogP contribution is 2.31. The van der Waals surface area contributed by atoms with Crippen molar-refractivity contribution in [3.05, 3.63) is 89.5 Å². The van der Waals surface area contributed by atoms with E-state index in [4.69, 9.17) is 9.72 Å². The number of benzene rings is 3. The Labute approximate surface area is 153 Å². The Bertz CT molecular complexity index is 988. The van der Waals surface area contributed by atoms with Crippen LogP contribution in [-0.4, -0.2) is 9.97 Å². The molecule has 0 unspecified atom stereocenters. The Hall–Kier alpha value is -2.91. The lowest BCUT2D eigenvalue weighted by molar-refractivity contribution is 0.0529. The third-order valence-electron chi connectivity index (χ3n) is 4.63. The van der Waals surface area contributed by atoms with Crippen molar-refractivity contribution < 1.29 is 4.74 Å². The molecule has 130 valence electrons. The first-order chi connectivity index (χ1) is 12.7. The lowest BCUT2D eigenvalue weighted by Crippen LogP contribution is -2.03. The maximum atomic E-state index is 6.15. The van der Waals surface area contributed by atoms with Gasteiger partial charge in [-0.05, 0) is 43.2 Å². The van der Waals surface area contributed by atoms with E-state index in [0.717, 1.165) is 28.0 Å². The summed E-state index contributed by atoms with van der Waals surface area (Å²) < 4.78 is 6.15. The predicted octanol–water partition coefficient (Wildman–Crippen LogP) is 5.82. The molecule has 0 aliphatic carbocycles. The second kappa shape index (κ2) is 7.14. The van der Waals surface area contributed by atoms with Gasteiger partial charge in [-0.15, -0.1) is 0 Å². The molecule has 1 atom stereocenters. The fourth-order valence-electron chi connectivity index (χ4n) is 3.20. The number of hydrogen-bond acceptors (Lipinski definition) is 2. The van der Waals surface area contributed by atoms with Crippen molar-refractivity contribution in [2.45, 2.75) is 26.6 Å². The summed E-state index contributed by atoms with van der Waals surface area (Å²) in [5, 5.41) is 0. The molecule has 3 heteroatoms. The number of aromatic nitrogens is 2. The fourth-order valence-corrected chi connectivity index (χ4v) is 3.20. The van der Waals surface area contributed by atoms with Crippen LogP contribution in [0.15, 0.2) is 72.8 Å². The second-order valence-corrected chi connectivity index (χ2v) is 6.63. The summed E-state index contributed by atoms with van der Waals surface area (Å²) in [5.74, 6) is 0.889. The van der Waals surface area contributed by atoms with Crippen LogP contribution in [0.25, 0.3) is 22.4 Å². The Morgan fingerprint density at radius 2 is 1.73 bits per heavy atom. The number of ether oxygens (including phenoxy) is 1. The van der Waals surface area contributed by atoms with E-state index in [9.17, 15) is 0 Å². The van der Waals surface area contributed by atoms with Gasteiger partial charge in [0.2, 0.25) is 0 Å². The molecule has 3 aromatic carbocycles. The zero-order chi connectivity index (χ0) is 17.9. The summed E-state index contributed by atoms with van der Waals surface area (Å²) in [5.41, 5.74) is 6.66. The van der Waals surface area contributed by atoms with Crippen molar-refractivity contribution in [3.63, 3.8) is 0 Å². The molecule has 4 rings (SSSR count). The molecule has 1 aromatic heterocycles. The van der Waals surface area contributed by atoms with Gasteiger partial charge in [0.05, 0.1) is 23.7 Å². The third-order valence-corrected chi connectivity index (χ3v) is 4.63. The number of para-hydroxylation sites is 2. The Morgan fingerprint density at radius 3 is 2.54 bits per heavy atom. The van der Waals surface area contributed by atoms with Crippen LogP contribution in [0.1, 0.15) is 29.7 Å². The van der Waals surface area contributed by atoms with Crippen molar-refractivity contribution >= 4 is 11.0 Å². The van der Waals surface area contributed by atoms with Gasteiger partial charge in [-0.2, -0.15) is 0 Å². The molecule has 26 heavy (non-hydrogen) atoms. The van der Waals surface area contributed by atoms with E-state index in [0.29, 0.717) is 6.61 Å². The summed E-state index contributed by atoms with van der Waals surface area (Å²) in [4.78, 5) is 8.22. The van der Waals surface area contributed by atoms with Crippen LogP contribution in [0.2, 0.25) is 0 Å². The summed E-state index contributed by atoms with van der Waals surface area (Å²) >= 11 is 0. The maximum absolute atomic E-state index is 6.15. The van der Waals surface area contributed by atoms with Gasteiger partial charge in [0.1, 0.15) is 5.82 Å². The van der Waals surface area contributed by atoms with Crippen LogP contribution < -0.4 is 0 Å². The van der Waals surface area contributed by atoms with E-state index in [-0.39, 0.29) is 6.10 Å². The number of imidazole rings is 1. The molecule has 0 saturated carbocycles. The van der Waals surface area contributed by atoms with Crippen LogP contribution in [0.3, 0.4) is 0 Å². The van der Waals surface area contributed by atoms with Crippen molar-refractivity contribution in [2.75, 3.05) is 0 Å². The van der Waals surface area contributed by atoms with Crippen molar-refractivity contribution in [1.29, 1.82) is 0 Å². The molecular weight excluding hydrogens is 320 g/mol. The van der Waals surface area contributed by atoms with Crippen LogP contribution in [0.5, 0.6) is 0 Å². The minimum Gasteiger partial charge on any atom is -0.369 e. The van der Waals surface area contributed by atoms with E-state index in [1.54, 1.807) is 0 Å². The van der Waals surface area contributed by atoms with E-state index in [2.05, 4.69) is 55.2 Å². The Morgan fingerprint density at radius 1 is 0.962 bits per heavy atom. The SMILES string of the molecule is Cc1ccc([C@H](C)OCc2ccccc2)c(-c2nc3ccccc3[nH]2)c1. The fraction of sp³-hybridized carbons (Fsp3) is 0.174. The molecule has 0 spiro atoms. The first kappa shape index (κ1) is 16.6. The zero-order valence-corrected chi connectivity index (χ0v) is 15.1. The monoisotopic (exact) mass is 342 g/mol. The lowest BCUT2D eigenvalue weighted by Gasteiger charge is -2.17. The molecule has 1 heterocycles. The number of hydrogen-bond donors (Lipinski definition) is 1. The molecule has 0 bridgehead atoms. The number of aromatic amines is 1. The number of aryl methyl sites for hydroxylation is 1. The highest BCUT2D eigenvalue weighted by molar-refractivity contribution is 5.80. The largest absolute Gasteiger partial charge is 0.369 e. The topological polar surface area (TPSA) is 37.9 Å². The molecule has 4 aromatic rings. The minimum atomic E-state index is -0.0287. The Balaban J connectivity index is 1.65. The second-order valence-electron chi connectivity index (χ2n) is 6.63. The number of nitrogens with zero attached hydrogens (tertiary/aromatic N) is 1. The summed E-state index contributed by atoms with van der Waals surface area (Å²) in [6, 6.07) is 24.8. The van der Waals surface area contributed by atoms with E-state index >= 15 is 0 Å². The first-order valence-corrected chi connectivity index (χ1v) is 8.92. The van der Waals surface area contributed by atoms with E-state index in [1.165, 1.54) is 11.1 Å². The van der Waals surface area contributed by atoms with Crippen molar-refractivity contribution in [3.8, 4) is 11.4 Å². The molecule has 0 radical (unpaired) electrons. The first-order valence-electron chi connectivity index (χ1n) is 8.92. The molecule has 0 amide bonds. The standard InChI is InChI=1S/C23H22N2O/c1-16-12-13-19(17(2)26-15-18-8-4-3-5-9-18)20(14-16)23-24-21-10-6-7-11-22(21)25-23/h3-14,17H,15H2,1-2H3,(H,24,25)/t17-/m0/s1. The maximum Gasteiger partial charge on any atom is 0.138 e. The summed E-state index contributed by atoms with van der Waals surface area (Å²) in [6.07, 6.45) is -0.0287. The van der Waals surface area contributed by atoms with Crippen LogP contribution in [0.4, 0.5) is 0 Å². The molecule has 0 fully saturated rings. The molecule has 0 aliphatic heterocycles. The lowest BCUT2D eigenvalue weighted by atomic mass is 10.00. The number of H-pyrrole nitrogens is 1. The predicted molar refractivity (Wildman–Crippen MR) is 106 cm³/mol. The third kappa shape index (κ3) is 3.39.